The van der Waals surface area contributed by atoms with E-state index in [2.05, 4.69) is 71.6 Å². The van der Waals surface area contributed by atoms with Crippen molar-refractivity contribution in [3.63, 3.8) is 0 Å². The molecule has 8 rings (SSSR count). The van der Waals surface area contributed by atoms with Crippen LogP contribution in [0.2, 0.25) is 0 Å². The summed E-state index contributed by atoms with van der Waals surface area (Å²) in [4.78, 5) is 22.0. The number of para-hydroxylation sites is 1. The van der Waals surface area contributed by atoms with Crippen LogP contribution in [0.15, 0.2) is 140 Å². The van der Waals surface area contributed by atoms with Crippen LogP contribution in [0.1, 0.15) is 0 Å². The maximum Gasteiger partial charge on any atom is 0.238 e. The van der Waals surface area contributed by atoms with Crippen LogP contribution in [-0.4, -0.2) is 19.9 Å². The van der Waals surface area contributed by atoms with Crippen molar-refractivity contribution >= 4 is 28.2 Å². The second-order valence-electron chi connectivity index (χ2n) is 9.98. The van der Waals surface area contributed by atoms with Gasteiger partial charge in [0.05, 0.1) is 16.9 Å². The van der Waals surface area contributed by atoms with E-state index in [0.29, 0.717) is 17.6 Å². The van der Waals surface area contributed by atoms with Gasteiger partial charge in [-0.2, -0.15) is 9.97 Å². The van der Waals surface area contributed by atoms with Crippen LogP contribution < -0.4 is 4.90 Å². The highest BCUT2D eigenvalue weighted by Gasteiger charge is 2.29. The van der Waals surface area contributed by atoms with Crippen LogP contribution in [0.4, 0.5) is 17.3 Å². The van der Waals surface area contributed by atoms with Gasteiger partial charge in [0.25, 0.3) is 0 Å². The lowest BCUT2D eigenvalue weighted by Crippen LogP contribution is -2.19. The van der Waals surface area contributed by atoms with E-state index in [1.54, 1.807) is 0 Å². The minimum absolute atomic E-state index is 0.565. The Labute approximate surface area is 237 Å². The number of anilines is 3. The van der Waals surface area contributed by atoms with E-state index in [9.17, 15) is 0 Å². The first-order chi connectivity index (χ1) is 20.3. The van der Waals surface area contributed by atoms with Gasteiger partial charge in [-0.15, -0.1) is 0 Å². The molecular weight excluding hydrogens is 502 g/mol. The first kappa shape index (κ1) is 23.2. The number of benzene rings is 5. The number of hydrogen-bond acceptors (Lipinski definition) is 5. The fraction of sp³-hybridized carbons (Fsp3) is 0. The predicted molar refractivity (Wildman–Crippen MR) is 165 cm³/mol. The van der Waals surface area contributed by atoms with Crippen LogP contribution >= 0.6 is 0 Å². The predicted octanol–water partition coefficient (Wildman–Crippen LogP) is 8.87. The molecule has 192 valence electrons. The van der Waals surface area contributed by atoms with Crippen LogP contribution in [0.3, 0.4) is 0 Å². The van der Waals surface area contributed by atoms with Gasteiger partial charge in [-0.25, -0.2) is 4.98 Å². The molecule has 0 saturated heterocycles. The van der Waals surface area contributed by atoms with E-state index in [4.69, 9.17) is 19.9 Å². The summed E-state index contributed by atoms with van der Waals surface area (Å²) in [5.74, 6) is 1.82. The molecule has 0 aliphatic carbocycles. The van der Waals surface area contributed by atoms with Crippen molar-refractivity contribution in [2.24, 2.45) is 0 Å². The first-order valence-corrected chi connectivity index (χ1v) is 13.6. The molecule has 0 atom stereocenters. The van der Waals surface area contributed by atoms with Gasteiger partial charge >= 0.3 is 0 Å². The largest absolute Gasteiger partial charge is 0.278 e. The van der Waals surface area contributed by atoms with Gasteiger partial charge < -0.3 is 0 Å². The summed E-state index contributed by atoms with van der Waals surface area (Å²) in [6, 6.07) is 45.5. The van der Waals surface area contributed by atoms with E-state index in [1.165, 1.54) is 0 Å². The highest BCUT2D eigenvalue weighted by atomic mass is 15.3. The van der Waals surface area contributed by atoms with E-state index >= 15 is 0 Å². The van der Waals surface area contributed by atoms with Crippen LogP contribution in [0.25, 0.3) is 55.9 Å². The summed E-state index contributed by atoms with van der Waals surface area (Å²) in [5.41, 5.74) is 9.37. The summed E-state index contributed by atoms with van der Waals surface area (Å²) in [7, 11) is 0. The Morgan fingerprint density at radius 1 is 0.439 bits per heavy atom. The van der Waals surface area contributed by atoms with E-state index in [1.807, 2.05) is 72.9 Å². The summed E-state index contributed by atoms with van der Waals surface area (Å²) >= 11 is 0. The maximum atomic E-state index is 5.06. The maximum absolute atomic E-state index is 5.06. The van der Waals surface area contributed by atoms with Crippen molar-refractivity contribution < 1.29 is 0 Å². The van der Waals surface area contributed by atoms with Crippen molar-refractivity contribution in [1.29, 1.82) is 0 Å². The molecule has 5 nitrogen and oxygen atoms in total. The molecule has 0 N–H and O–H groups in total. The van der Waals surface area contributed by atoms with Crippen LogP contribution in [-0.2, 0) is 0 Å². The molecule has 3 heterocycles. The molecule has 1 aliphatic heterocycles. The third-order valence-corrected chi connectivity index (χ3v) is 7.49. The molecule has 0 bridgehead atoms. The molecule has 1 aliphatic rings. The van der Waals surface area contributed by atoms with Gasteiger partial charge in [0.1, 0.15) is 0 Å². The Bertz CT molecular complexity index is 1980. The van der Waals surface area contributed by atoms with Gasteiger partial charge in [-0.3, -0.25) is 9.88 Å². The van der Waals surface area contributed by atoms with Crippen molar-refractivity contribution in [3.8, 4) is 45.0 Å². The minimum atomic E-state index is 0.565. The molecule has 5 aromatic carbocycles. The molecule has 41 heavy (non-hydrogen) atoms. The first-order valence-electron chi connectivity index (χ1n) is 13.6. The zero-order valence-corrected chi connectivity index (χ0v) is 22.0. The topological polar surface area (TPSA) is 54.8 Å². The van der Waals surface area contributed by atoms with Crippen molar-refractivity contribution in [2.45, 2.75) is 0 Å². The molecule has 7 aromatic rings. The Balaban J connectivity index is 1.41. The molecule has 5 heteroatoms. The summed E-state index contributed by atoms with van der Waals surface area (Å²) in [6.45, 7) is 0. The fourth-order valence-corrected chi connectivity index (χ4v) is 5.60. The van der Waals surface area contributed by atoms with E-state index in [-0.39, 0.29) is 0 Å². The standard InChI is InChI=1S/C36H23N5/c1-4-12-24(13-5-1)27-22-29-28-18-10-11-19-31(28)41(32-20-21-37-30(23-27)33(29)32)36-39-34(25-14-6-2-7-15-25)38-35(40-36)26-16-8-3-9-17-26/h1-23H. The Morgan fingerprint density at radius 2 is 1.02 bits per heavy atom. The third kappa shape index (κ3) is 3.95. The minimum Gasteiger partial charge on any atom is -0.278 e. The molecule has 0 amide bonds. The summed E-state index contributed by atoms with van der Waals surface area (Å²) < 4.78 is 0. The van der Waals surface area contributed by atoms with Gasteiger partial charge in [0, 0.05) is 28.3 Å². The fourth-order valence-electron chi connectivity index (χ4n) is 5.60. The van der Waals surface area contributed by atoms with E-state index in [0.717, 1.165) is 55.7 Å². The highest BCUT2D eigenvalue weighted by Crippen LogP contribution is 2.50. The van der Waals surface area contributed by atoms with Gasteiger partial charge in [-0.05, 0) is 41.0 Å². The molecule has 0 saturated carbocycles. The molecule has 0 unspecified atom stereocenters. The molecule has 2 aromatic heterocycles. The average molecular weight is 526 g/mol. The zero-order chi connectivity index (χ0) is 27.2. The Morgan fingerprint density at radius 3 is 1.68 bits per heavy atom. The van der Waals surface area contributed by atoms with Gasteiger partial charge in [0.15, 0.2) is 11.6 Å². The van der Waals surface area contributed by atoms with Crippen LogP contribution in [0, 0.1) is 0 Å². The molecular formula is C36H23N5. The summed E-state index contributed by atoms with van der Waals surface area (Å²) in [5, 5.41) is 1.08. The second-order valence-corrected chi connectivity index (χ2v) is 9.98. The van der Waals surface area contributed by atoms with E-state index < -0.39 is 0 Å². The van der Waals surface area contributed by atoms with Crippen molar-refractivity contribution in [1.82, 2.24) is 19.9 Å². The number of aromatic nitrogens is 4. The summed E-state index contributed by atoms with van der Waals surface area (Å²) in [6.07, 6.45) is 1.87. The normalized spacial score (nSPS) is 11.9. The van der Waals surface area contributed by atoms with Gasteiger partial charge in [0.2, 0.25) is 5.95 Å². The van der Waals surface area contributed by atoms with Gasteiger partial charge in [-0.1, -0.05) is 109 Å². The lowest BCUT2D eigenvalue weighted by molar-refractivity contribution is 1.02. The number of hydrogen-bond donors (Lipinski definition) is 0. The Hall–Kier alpha value is -5.68. The molecule has 0 fully saturated rings. The SMILES string of the molecule is c1ccc(-c2cc3c4c(ccnc4c2)N(c2nc(-c4ccccc4)nc(-c4ccccc4)n2)c2ccccc2-3)cc1. The zero-order valence-electron chi connectivity index (χ0n) is 22.0. The third-order valence-electron chi connectivity index (χ3n) is 7.49. The average Bonchev–Trinajstić information content (AvgIpc) is 3.06. The lowest BCUT2D eigenvalue weighted by atomic mass is 9.90. The quantitative estimate of drug-likeness (QED) is 0.230. The van der Waals surface area contributed by atoms with Crippen molar-refractivity contribution in [3.05, 3.63) is 140 Å². The lowest BCUT2D eigenvalue weighted by Gasteiger charge is -2.32. The molecule has 0 radical (unpaired) electrons. The number of nitrogens with zero attached hydrogens (tertiary/aromatic N) is 5. The second kappa shape index (κ2) is 9.50. The number of pyridine rings is 1. The molecule has 0 spiro atoms. The highest BCUT2D eigenvalue weighted by molar-refractivity contribution is 6.13. The van der Waals surface area contributed by atoms with Crippen LogP contribution in [0.5, 0.6) is 0 Å². The smallest absolute Gasteiger partial charge is 0.238 e. The van der Waals surface area contributed by atoms with Crippen molar-refractivity contribution in [2.75, 3.05) is 4.90 Å². The number of rotatable bonds is 4. The monoisotopic (exact) mass is 525 g/mol. The Kier molecular flexibility index (Phi) is 5.38. The number of fused-ring (bicyclic) bond motifs is 2.